The van der Waals surface area contributed by atoms with Gasteiger partial charge in [0.2, 0.25) is 17.7 Å². The molecule has 19 heteroatoms. The first-order chi connectivity index (χ1) is 33.8. The summed E-state index contributed by atoms with van der Waals surface area (Å²) >= 11 is 3.32. The van der Waals surface area contributed by atoms with Gasteiger partial charge < -0.3 is 41.0 Å². The molecule has 4 aromatic heterocycles. The highest BCUT2D eigenvalue weighted by molar-refractivity contribution is 7.19. The van der Waals surface area contributed by atoms with Crippen molar-refractivity contribution < 1.29 is 23.9 Å². The first-order valence-electron chi connectivity index (χ1n) is 23.9. The Kier molecular flexibility index (Phi) is 14.7. The van der Waals surface area contributed by atoms with Crippen LogP contribution in [0, 0.1) is 17.8 Å². The molecular weight excluding hydrogens is 925 g/mol. The number of anilines is 4. The Labute approximate surface area is 415 Å². The number of aromatic nitrogens is 4. The molecule has 2 aromatic carbocycles. The van der Waals surface area contributed by atoms with Crippen molar-refractivity contribution in [2.24, 2.45) is 33.5 Å². The molecular formula is C51H60N12O5S2. The number of ether oxygens (including phenoxy) is 2. The zero-order valence-corrected chi connectivity index (χ0v) is 42.2. The Balaban J connectivity index is 0.000000176. The van der Waals surface area contributed by atoms with E-state index in [1.807, 2.05) is 72.7 Å². The fraction of sp³-hybridized carbons (Fsp3) is 0.431. The molecule has 6 heterocycles. The minimum Gasteiger partial charge on any atom is -0.490 e. The van der Waals surface area contributed by atoms with Gasteiger partial charge in [0.25, 0.3) is 0 Å². The summed E-state index contributed by atoms with van der Waals surface area (Å²) in [6.45, 7) is 7.00. The monoisotopic (exact) mass is 984 g/mol. The fourth-order valence-electron chi connectivity index (χ4n) is 9.49. The van der Waals surface area contributed by atoms with E-state index >= 15 is 0 Å². The molecule has 70 heavy (non-hydrogen) atoms. The molecule has 0 bridgehead atoms. The normalized spacial score (nSPS) is 16.2. The van der Waals surface area contributed by atoms with Crippen LogP contribution in [0.15, 0.2) is 46.9 Å². The van der Waals surface area contributed by atoms with Gasteiger partial charge in [-0.3, -0.25) is 24.4 Å². The van der Waals surface area contributed by atoms with Gasteiger partial charge >= 0.3 is 0 Å². The van der Waals surface area contributed by atoms with Crippen LogP contribution in [0.5, 0.6) is 11.5 Å². The SMILES string of the molecule is CC(C)CC(=O)NCCOc1cc2c(cc1Nc1ncnc3sc4c(c13)CC[C@H](C(=O)N(C)C)C4)C=NC2.CN(C)C(=O)[C@H]1CCc2c(sc3ncnc(Nc4cc5c(cc4OCCN)CN=C5)c23)C1. The van der Waals surface area contributed by atoms with Crippen molar-refractivity contribution in [2.45, 2.75) is 71.9 Å². The molecule has 5 N–H and O–H groups in total. The van der Waals surface area contributed by atoms with Crippen molar-refractivity contribution in [1.82, 2.24) is 35.1 Å². The number of nitrogens with one attached hydrogen (secondary N) is 3. The van der Waals surface area contributed by atoms with E-state index in [-0.39, 0.29) is 29.6 Å². The minimum atomic E-state index is 0.00644. The van der Waals surface area contributed by atoms with Crippen LogP contribution in [0.1, 0.15) is 76.2 Å². The number of amides is 3. The Morgan fingerprint density at radius 2 is 1.20 bits per heavy atom. The van der Waals surface area contributed by atoms with E-state index in [1.165, 1.54) is 20.9 Å². The molecule has 10 rings (SSSR count). The molecule has 2 aliphatic carbocycles. The molecule has 2 atom stereocenters. The quantitative estimate of drug-likeness (QED) is 0.0766. The van der Waals surface area contributed by atoms with E-state index in [4.69, 9.17) is 15.2 Å². The molecule has 17 nitrogen and oxygen atoms in total. The van der Waals surface area contributed by atoms with Crippen molar-refractivity contribution in [3.8, 4) is 11.5 Å². The average Bonchev–Trinajstić information content (AvgIpc) is 4.16. The number of hydrogen-bond donors (Lipinski definition) is 4. The summed E-state index contributed by atoms with van der Waals surface area (Å²) in [5.74, 6) is 3.69. The lowest BCUT2D eigenvalue weighted by Gasteiger charge is -2.24. The van der Waals surface area contributed by atoms with Crippen molar-refractivity contribution in [2.75, 3.05) is 65.1 Å². The van der Waals surface area contributed by atoms with E-state index in [0.717, 1.165) is 110 Å². The number of benzene rings is 2. The van der Waals surface area contributed by atoms with Crippen molar-refractivity contribution in [3.05, 3.63) is 80.1 Å². The number of hydrogen-bond acceptors (Lipinski definition) is 16. The number of thiophene rings is 2. The van der Waals surface area contributed by atoms with E-state index in [0.29, 0.717) is 57.5 Å². The Bertz CT molecular complexity index is 3020. The molecule has 2 aliphatic heterocycles. The van der Waals surface area contributed by atoms with E-state index in [9.17, 15) is 14.4 Å². The van der Waals surface area contributed by atoms with Gasteiger partial charge in [-0.15, -0.1) is 22.7 Å². The third-order valence-electron chi connectivity index (χ3n) is 12.9. The number of nitrogens with zero attached hydrogens (tertiary/aromatic N) is 8. The molecule has 0 unspecified atom stereocenters. The van der Waals surface area contributed by atoms with Crippen molar-refractivity contribution in [1.29, 1.82) is 0 Å². The lowest BCUT2D eigenvalue weighted by atomic mass is 9.87. The maximum atomic E-state index is 12.6. The fourth-order valence-corrected chi connectivity index (χ4v) is 12.0. The van der Waals surface area contributed by atoms with Crippen LogP contribution in [0.4, 0.5) is 23.0 Å². The van der Waals surface area contributed by atoms with Crippen LogP contribution in [-0.2, 0) is 53.2 Å². The van der Waals surface area contributed by atoms with Gasteiger partial charge in [0, 0.05) is 75.2 Å². The zero-order chi connectivity index (χ0) is 49.1. The molecule has 0 saturated carbocycles. The van der Waals surface area contributed by atoms with Crippen molar-refractivity contribution >= 4 is 96.3 Å². The molecule has 0 spiro atoms. The van der Waals surface area contributed by atoms with Crippen LogP contribution in [0.25, 0.3) is 20.4 Å². The van der Waals surface area contributed by atoms with Crippen LogP contribution in [-0.4, -0.2) is 114 Å². The van der Waals surface area contributed by atoms with Gasteiger partial charge in [0.15, 0.2) is 0 Å². The predicted octanol–water partition coefficient (Wildman–Crippen LogP) is 7.00. The highest BCUT2D eigenvalue weighted by Gasteiger charge is 2.32. The largest absolute Gasteiger partial charge is 0.490 e. The number of carbonyl (C=O) groups excluding carboxylic acids is 3. The van der Waals surface area contributed by atoms with Gasteiger partial charge in [-0.1, -0.05) is 13.8 Å². The maximum absolute atomic E-state index is 12.6. The number of nitrogens with two attached hydrogens (primary N) is 1. The smallest absolute Gasteiger partial charge is 0.225 e. The van der Waals surface area contributed by atoms with Crippen LogP contribution < -0.4 is 31.2 Å². The van der Waals surface area contributed by atoms with Gasteiger partial charge in [-0.25, -0.2) is 19.9 Å². The van der Waals surface area contributed by atoms with Gasteiger partial charge in [-0.2, -0.15) is 0 Å². The van der Waals surface area contributed by atoms with Gasteiger partial charge in [0.1, 0.15) is 58.7 Å². The molecule has 0 radical (unpaired) electrons. The first-order valence-corrected chi connectivity index (χ1v) is 25.5. The molecule has 4 aliphatic rings. The number of aryl methyl sites for hydroxylation is 2. The Hall–Kier alpha value is -6.57. The zero-order valence-electron chi connectivity index (χ0n) is 40.6. The number of carbonyl (C=O) groups is 3. The number of rotatable bonds is 15. The first kappa shape index (κ1) is 48.5. The second kappa shape index (κ2) is 21.2. The summed E-state index contributed by atoms with van der Waals surface area (Å²) in [6.07, 6.45) is 12.2. The topological polar surface area (TPSA) is 215 Å². The van der Waals surface area contributed by atoms with Crippen LogP contribution in [0.2, 0.25) is 0 Å². The number of aliphatic imine (C=N–C) groups is 2. The summed E-state index contributed by atoms with van der Waals surface area (Å²) in [5, 5.41) is 12.0. The summed E-state index contributed by atoms with van der Waals surface area (Å²) in [7, 11) is 7.28. The molecule has 0 saturated heterocycles. The molecule has 0 fully saturated rings. The lowest BCUT2D eigenvalue weighted by Crippen LogP contribution is -2.32. The third kappa shape index (κ3) is 10.5. The molecule has 366 valence electrons. The van der Waals surface area contributed by atoms with E-state index < -0.39 is 0 Å². The summed E-state index contributed by atoms with van der Waals surface area (Å²) in [6, 6.07) is 8.13. The Morgan fingerprint density at radius 3 is 1.66 bits per heavy atom. The van der Waals surface area contributed by atoms with Crippen molar-refractivity contribution in [3.63, 3.8) is 0 Å². The minimum absolute atomic E-state index is 0.00644. The second-order valence-corrected chi connectivity index (χ2v) is 21.0. The van der Waals surface area contributed by atoms with Crippen LogP contribution >= 0.6 is 22.7 Å². The lowest BCUT2D eigenvalue weighted by molar-refractivity contribution is -0.134. The summed E-state index contributed by atoms with van der Waals surface area (Å²) in [4.78, 5) is 71.8. The predicted molar refractivity (Wildman–Crippen MR) is 278 cm³/mol. The maximum Gasteiger partial charge on any atom is 0.225 e. The van der Waals surface area contributed by atoms with Gasteiger partial charge in [0.05, 0.1) is 41.8 Å². The van der Waals surface area contributed by atoms with E-state index in [2.05, 4.69) is 51.9 Å². The molecule has 6 aromatic rings. The second-order valence-electron chi connectivity index (χ2n) is 18.9. The summed E-state index contributed by atoms with van der Waals surface area (Å²) in [5.41, 5.74) is 14.1. The average molecular weight is 985 g/mol. The van der Waals surface area contributed by atoms with Gasteiger partial charge in [-0.05, 0) is 102 Å². The third-order valence-corrected chi connectivity index (χ3v) is 15.2. The van der Waals surface area contributed by atoms with Crippen LogP contribution in [0.3, 0.4) is 0 Å². The standard InChI is InChI=1S/C28H34N6O3S.C23H26N6O2S/c1-16(2)9-24(35)30-7-8-37-22-11-19-14-29-13-18(19)10-21(22)33-26-25-20-6-5-17(28(36)34(3)4)12-23(20)38-27(25)32-15-31-26;1-29(2)23(30)13-3-4-16-19(9-13)32-22-20(16)21(26-12-27-22)28-17-7-14-10-25-11-15(14)8-18(17)31-6-5-24/h10-11,13,15-17H,5-9,12,14H2,1-4H3,(H,30,35)(H,31,32,33);7-8,10,12-13H,3-6,9,11,24H2,1-2H3,(H,26,27,28)/t17-;13-/m00/s1. The Morgan fingerprint density at radius 1 is 0.714 bits per heavy atom. The van der Waals surface area contributed by atoms with E-state index in [1.54, 1.807) is 45.1 Å². The highest BCUT2D eigenvalue weighted by atomic mass is 32.1. The number of fused-ring (bicyclic) bond motifs is 8. The highest BCUT2D eigenvalue weighted by Crippen LogP contribution is 2.44. The summed E-state index contributed by atoms with van der Waals surface area (Å²) < 4.78 is 12.1. The molecule has 3 amide bonds.